The Hall–Kier alpha value is -5.90. The summed E-state index contributed by atoms with van der Waals surface area (Å²) in [6, 6.07) is 21.7. The molecule has 1 aliphatic rings. The average molecular weight is 644 g/mol. The van der Waals surface area contributed by atoms with E-state index in [0.29, 0.717) is 46.0 Å². The number of benzene rings is 3. The summed E-state index contributed by atoms with van der Waals surface area (Å²) in [5, 5.41) is 11.8. The summed E-state index contributed by atoms with van der Waals surface area (Å²) < 4.78 is 52.1. The molecule has 0 spiro atoms. The normalized spacial score (nSPS) is 12.7. The fraction of sp³-hybridized carbons (Fsp3) is 0.206. The second kappa shape index (κ2) is 13.6. The number of halogens is 3. The second-order valence-corrected chi connectivity index (χ2v) is 10.6. The number of nitriles is 1. The highest BCUT2D eigenvalue weighted by Gasteiger charge is 2.32. The number of para-hydroxylation sites is 1. The number of fused-ring (bicyclic) bond motifs is 1. The van der Waals surface area contributed by atoms with Crippen LogP contribution in [0.2, 0.25) is 0 Å². The van der Waals surface area contributed by atoms with Crippen LogP contribution < -0.4 is 15.0 Å². The zero-order chi connectivity index (χ0) is 33.7. The van der Waals surface area contributed by atoms with Crippen LogP contribution in [0.25, 0.3) is 33.7 Å². The predicted octanol–water partition coefficient (Wildman–Crippen LogP) is 7.45. The van der Waals surface area contributed by atoms with Gasteiger partial charge < -0.3 is 19.2 Å². The number of carbonyl (C=O) groups is 2. The number of rotatable bonds is 6. The van der Waals surface area contributed by atoms with E-state index in [1.54, 1.807) is 55.6 Å². The van der Waals surface area contributed by atoms with Gasteiger partial charge in [0, 0.05) is 41.1 Å². The first kappa shape index (κ1) is 32.5. The van der Waals surface area contributed by atoms with E-state index in [4.69, 9.17) is 9.15 Å². The van der Waals surface area contributed by atoms with Gasteiger partial charge in [0.15, 0.2) is 5.58 Å². The molecule has 3 aromatic carbocycles. The van der Waals surface area contributed by atoms with Gasteiger partial charge in [-0.15, -0.1) is 13.2 Å². The number of aromatic nitrogens is 2. The molecule has 1 N–H and O–H groups in total. The minimum Gasteiger partial charge on any atom is -0.447 e. The third kappa shape index (κ3) is 7.50. The molecule has 0 radical (unpaired) electrons. The van der Waals surface area contributed by atoms with Crippen molar-refractivity contribution in [1.82, 2.24) is 15.3 Å². The van der Waals surface area contributed by atoms with Crippen LogP contribution in [0.4, 0.5) is 23.8 Å². The standard InChI is InChI=1S/C19H17N3O2.C15H11F3N2O3/c1-11(2)15-8-12(10-20)9-16-17(15)24-19(22-16)14-6-4-13(5-7-14)18(23)21-3;16-15(17,18)23-12-4-2-1-3-11(12)10-5-6-13(19-9-10)20-7-8-22-14(20)21/h4-9,11H,1-3H3,(H,21,23);1-6,9H,7-8H2. The maximum Gasteiger partial charge on any atom is 0.573 e. The lowest BCUT2D eigenvalue weighted by molar-refractivity contribution is -0.274. The van der Waals surface area contributed by atoms with Crippen LogP contribution in [-0.2, 0) is 4.74 Å². The van der Waals surface area contributed by atoms with Gasteiger partial charge in [0.2, 0.25) is 5.89 Å². The molecule has 1 saturated heterocycles. The number of alkyl halides is 3. The smallest absolute Gasteiger partial charge is 0.447 e. The number of nitrogens with zero attached hydrogens (tertiary/aromatic N) is 4. The molecule has 1 aliphatic heterocycles. The Morgan fingerprint density at radius 3 is 2.38 bits per heavy atom. The number of amides is 2. The van der Waals surface area contributed by atoms with Gasteiger partial charge in [-0.05, 0) is 60.5 Å². The SMILES string of the molecule is CNC(=O)c1ccc(-c2nc3cc(C#N)cc(C(C)C)c3o2)cc1.O=C1OCCN1c1ccc(-c2ccccc2OC(F)(F)F)cn1. The quantitative estimate of drug-likeness (QED) is 0.202. The summed E-state index contributed by atoms with van der Waals surface area (Å²) in [4.78, 5) is 33.0. The molecule has 3 heterocycles. The van der Waals surface area contributed by atoms with Gasteiger partial charge in [0.05, 0.1) is 18.2 Å². The molecule has 0 bridgehead atoms. The van der Waals surface area contributed by atoms with E-state index in [1.807, 2.05) is 6.07 Å². The summed E-state index contributed by atoms with van der Waals surface area (Å²) in [5.41, 5.74) is 4.97. The van der Waals surface area contributed by atoms with Gasteiger partial charge in [-0.1, -0.05) is 32.0 Å². The van der Waals surface area contributed by atoms with E-state index < -0.39 is 12.5 Å². The van der Waals surface area contributed by atoms with E-state index >= 15 is 0 Å². The van der Waals surface area contributed by atoms with E-state index in [0.717, 1.165) is 11.1 Å². The Balaban J connectivity index is 0.000000185. The van der Waals surface area contributed by atoms with Crippen molar-refractivity contribution in [3.8, 4) is 34.4 Å². The van der Waals surface area contributed by atoms with Crippen molar-refractivity contribution in [2.45, 2.75) is 26.1 Å². The molecule has 0 unspecified atom stereocenters. The van der Waals surface area contributed by atoms with Crippen molar-refractivity contribution >= 4 is 28.9 Å². The Kier molecular flexibility index (Phi) is 9.41. The number of cyclic esters (lactones) is 1. The maximum atomic E-state index is 12.5. The Labute approximate surface area is 267 Å². The van der Waals surface area contributed by atoms with Crippen molar-refractivity contribution in [3.63, 3.8) is 0 Å². The molecule has 2 amide bonds. The molecule has 10 nitrogen and oxygen atoms in total. The van der Waals surface area contributed by atoms with Gasteiger partial charge in [0.25, 0.3) is 5.91 Å². The van der Waals surface area contributed by atoms with Crippen LogP contribution in [-0.4, -0.2) is 48.5 Å². The molecule has 13 heteroatoms. The van der Waals surface area contributed by atoms with Gasteiger partial charge in [-0.2, -0.15) is 5.26 Å². The molecule has 0 aliphatic carbocycles. The van der Waals surface area contributed by atoms with Crippen LogP contribution in [0.5, 0.6) is 5.75 Å². The number of anilines is 1. The van der Waals surface area contributed by atoms with Crippen molar-refractivity contribution in [1.29, 1.82) is 5.26 Å². The molecule has 0 saturated carbocycles. The highest BCUT2D eigenvalue weighted by Crippen LogP contribution is 2.34. The van der Waals surface area contributed by atoms with E-state index in [2.05, 4.69) is 39.9 Å². The zero-order valence-electron chi connectivity index (χ0n) is 25.5. The van der Waals surface area contributed by atoms with E-state index in [1.165, 1.54) is 29.3 Å². The molecule has 1 fully saturated rings. The Morgan fingerprint density at radius 2 is 1.79 bits per heavy atom. The minimum absolute atomic E-state index is 0.139. The third-order valence-electron chi connectivity index (χ3n) is 7.10. The van der Waals surface area contributed by atoms with Gasteiger partial charge in [-0.25, -0.2) is 14.8 Å². The number of pyridine rings is 1. The Bertz CT molecular complexity index is 1950. The highest BCUT2D eigenvalue weighted by atomic mass is 19.4. The highest BCUT2D eigenvalue weighted by molar-refractivity contribution is 5.94. The third-order valence-corrected chi connectivity index (χ3v) is 7.10. The Morgan fingerprint density at radius 1 is 1.06 bits per heavy atom. The van der Waals surface area contributed by atoms with Crippen molar-refractivity contribution in [2.24, 2.45) is 0 Å². The first-order chi connectivity index (χ1) is 22.5. The lowest BCUT2D eigenvalue weighted by Gasteiger charge is -2.14. The van der Waals surface area contributed by atoms with E-state index in [-0.39, 0.29) is 29.7 Å². The molecular formula is C34H28F3N5O5. The molecule has 0 atom stereocenters. The average Bonchev–Trinajstić information content (AvgIpc) is 3.70. The monoisotopic (exact) mass is 643 g/mol. The zero-order valence-corrected chi connectivity index (χ0v) is 25.5. The predicted molar refractivity (Wildman–Crippen MR) is 167 cm³/mol. The van der Waals surface area contributed by atoms with Crippen LogP contribution in [0, 0.1) is 11.3 Å². The summed E-state index contributed by atoms with van der Waals surface area (Å²) >= 11 is 0. The maximum absolute atomic E-state index is 12.5. The van der Waals surface area contributed by atoms with E-state index in [9.17, 15) is 28.0 Å². The number of hydrogen-bond donors (Lipinski definition) is 1. The number of carbonyl (C=O) groups excluding carboxylic acids is 2. The summed E-state index contributed by atoms with van der Waals surface area (Å²) in [6.45, 7) is 4.77. The van der Waals surface area contributed by atoms with Crippen molar-refractivity contribution in [3.05, 3.63) is 95.7 Å². The van der Waals surface area contributed by atoms with Crippen LogP contribution in [0.1, 0.15) is 41.3 Å². The lowest BCUT2D eigenvalue weighted by atomic mass is 10.00. The first-order valence-electron chi connectivity index (χ1n) is 14.4. The molecule has 240 valence electrons. The number of hydrogen-bond acceptors (Lipinski definition) is 8. The molecule has 2 aromatic heterocycles. The van der Waals surface area contributed by atoms with Gasteiger partial charge in [0.1, 0.15) is 23.7 Å². The van der Waals surface area contributed by atoms with Crippen molar-refractivity contribution < 1.29 is 36.7 Å². The number of ether oxygens (including phenoxy) is 2. The largest absolute Gasteiger partial charge is 0.573 e. The molecule has 47 heavy (non-hydrogen) atoms. The fourth-order valence-electron chi connectivity index (χ4n) is 4.81. The van der Waals surface area contributed by atoms with Crippen LogP contribution >= 0.6 is 0 Å². The summed E-state index contributed by atoms with van der Waals surface area (Å²) in [6.07, 6.45) is -3.88. The molecule has 5 aromatic rings. The van der Waals surface area contributed by atoms with Crippen molar-refractivity contribution in [2.75, 3.05) is 25.1 Å². The lowest BCUT2D eigenvalue weighted by Crippen LogP contribution is -2.24. The number of oxazole rings is 1. The minimum atomic E-state index is -4.78. The fourth-order valence-corrected chi connectivity index (χ4v) is 4.81. The van der Waals surface area contributed by atoms with Gasteiger partial charge in [-0.3, -0.25) is 9.69 Å². The molecule has 6 rings (SSSR count). The number of nitrogens with one attached hydrogen (secondary N) is 1. The second-order valence-electron chi connectivity index (χ2n) is 10.6. The molecular weight excluding hydrogens is 615 g/mol. The topological polar surface area (TPSA) is 131 Å². The van der Waals surface area contributed by atoms with Gasteiger partial charge >= 0.3 is 12.5 Å². The van der Waals surface area contributed by atoms with Crippen LogP contribution in [0.15, 0.2) is 83.4 Å². The first-order valence-corrected chi connectivity index (χ1v) is 14.4. The summed E-state index contributed by atoms with van der Waals surface area (Å²) in [7, 11) is 1.59. The van der Waals surface area contributed by atoms with Crippen LogP contribution in [0.3, 0.4) is 0 Å². The summed E-state index contributed by atoms with van der Waals surface area (Å²) in [5.74, 6) is 0.628.